The summed E-state index contributed by atoms with van der Waals surface area (Å²) in [7, 11) is 3.61. The lowest BCUT2D eigenvalue weighted by Crippen LogP contribution is -2.44. The predicted octanol–water partition coefficient (Wildman–Crippen LogP) is 4.36. The first-order valence-corrected chi connectivity index (χ1v) is 9.81. The molecule has 1 aromatic rings. The molecule has 0 bridgehead atoms. The van der Waals surface area contributed by atoms with Gasteiger partial charge in [0.25, 0.3) is 0 Å². The molecular weight excluding hydrogens is 339 g/mol. The number of benzene rings is 1. The topological polar surface area (TPSA) is 44.6 Å². The van der Waals surface area contributed by atoms with E-state index in [0.717, 1.165) is 24.8 Å². The van der Waals surface area contributed by atoms with E-state index in [1.165, 1.54) is 22.8 Å². The highest BCUT2D eigenvalue weighted by molar-refractivity contribution is 5.81. The van der Waals surface area contributed by atoms with Crippen LogP contribution < -0.4 is 5.32 Å². The molecule has 2 aliphatic rings. The van der Waals surface area contributed by atoms with Crippen molar-refractivity contribution >= 4 is 6.21 Å². The number of nitrogens with one attached hydrogen (secondary N) is 1. The van der Waals surface area contributed by atoms with E-state index in [1.54, 1.807) is 13.1 Å². The van der Waals surface area contributed by atoms with Gasteiger partial charge in [-0.1, -0.05) is 30.7 Å². The summed E-state index contributed by atoms with van der Waals surface area (Å²) in [6.45, 7) is 4.81. The number of hydrogen-bond acceptors (Lipinski definition) is 3. The standard InChI is InChI=1S/C23H31FN2O/c1-16-12-19-9-11-23(27,22(19,2)13-18(16)14-25-3)10-8-17-6-5-7-21(24)20(17)15-26-4/h5-7,12,14,26-27H,8-11,13,15H2,1-4H3/b25-14-. The predicted molar refractivity (Wildman–Crippen MR) is 110 cm³/mol. The zero-order chi connectivity index (χ0) is 19.7. The van der Waals surface area contributed by atoms with Crippen LogP contribution in [0.2, 0.25) is 0 Å². The van der Waals surface area contributed by atoms with Gasteiger partial charge in [0.05, 0.1) is 5.60 Å². The van der Waals surface area contributed by atoms with Crippen molar-refractivity contribution in [1.82, 2.24) is 5.32 Å². The Labute approximate surface area is 162 Å². The van der Waals surface area contributed by atoms with Gasteiger partial charge in [-0.05, 0) is 68.9 Å². The molecule has 0 aliphatic heterocycles. The van der Waals surface area contributed by atoms with E-state index >= 15 is 0 Å². The molecule has 1 aromatic carbocycles. The number of halogens is 1. The van der Waals surface area contributed by atoms with Crippen molar-refractivity contribution in [2.24, 2.45) is 10.4 Å². The molecule has 2 N–H and O–H groups in total. The van der Waals surface area contributed by atoms with Crippen LogP contribution in [0.1, 0.15) is 50.7 Å². The van der Waals surface area contributed by atoms with E-state index in [0.29, 0.717) is 24.9 Å². The molecule has 0 amide bonds. The van der Waals surface area contributed by atoms with Crippen LogP contribution in [0.5, 0.6) is 0 Å². The smallest absolute Gasteiger partial charge is 0.127 e. The SMILES string of the molecule is C/N=C\C1=C(C)C=C2CCC(O)(CCc3cccc(F)c3CNC)C2(C)C1. The second kappa shape index (κ2) is 7.69. The van der Waals surface area contributed by atoms with Gasteiger partial charge in [0, 0.05) is 30.8 Å². The van der Waals surface area contributed by atoms with Crippen molar-refractivity contribution in [1.29, 1.82) is 0 Å². The molecule has 4 heteroatoms. The summed E-state index contributed by atoms with van der Waals surface area (Å²) in [6.07, 6.45) is 7.97. The van der Waals surface area contributed by atoms with E-state index in [-0.39, 0.29) is 11.2 Å². The average molecular weight is 371 g/mol. The molecule has 0 spiro atoms. The Balaban J connectivity index is 1.85. The number of fused-ring (bicyclic) bond motifs is 1. The summed E-state index contributed by atoms with van der Waals surface area (Å²) < 4.78 is 14.2. The van der Waals surface area contributed by atoms with Crippen molar-refractivity contribution in [3.63, 3.8) is 0 Å². The minimum atomic E-state index is -0.782. The number of aliphatic imine (C=N–C) groups is 1. The number of allylic oxidation sites excluding steroid dienone is 3. The Kier molecular flexibility index (Phi) is 5.68. The molecule has 3 nitrogen and oxygen atoms in total. The van der Waals surface area contributed by atoms with Crippen LogP contribution in [0, 0.1) is 11.2 Å². The third-order valence-corrected chi connectivity index (χ3v) is 6.65. The van der Waals surface area contributed by atoms with Crippen LogP contribution in [0.25, 0.3) is 0 Å². The Bertz CT molecular complexity index is 811. The van der Waals surface area contributed by atoms with E-state index in [2.05, 4.69) is 30.2 Å². The maximum Gasteiger partial charge on any atom is 0.127 e. The highest BCUT2D eigenvalue weighted by atomic mass is 19.1. The Morgan fingerprint density at radius 1 is 1.37 bits per heavy atom. The Morgan fingerprint density at radius 3 is 2.85 bits per heavy atom. The molecular formula is C23H31FN2O. The van der Waals surface area contributed by atoms with Crippen LogP contribution in [0.4, 0.5) is 4.39 Å². The lowest BCUT2D eigenvalue weighted by atomic mass is 9.65. The molecule has 0 heterocycles. The van der Waals surface area contributed by atoms with Gasteiger partial charge in [-0.15, -0.1) is 0 Å². The molecule has 1 saturated carbocycles. The number of hydrogen-bond donors (Lipinski definition) is 2. The van der Waals surface area contributed by atoms with E-state index in [9.17, 15) is 9.50 Å². The van der Waals surface area contributed by atoms with Crippen LogP contribution in [-0.4, -0.2) is 31.0 Å². The minimum Gasteiger partial charge on any atom is -0.389 e. The summed E-state index contributed by atoms with van der Waals surface area (Å²) >= 11 is 0. The highest BCUT2D eigenvalue weighted by Crippen LogP contribution is 2.57. The van der Waals surface area contributed by atoms with Crippen LogP contribution in [0.3, 0.4) is 0 Å². The highest BCUT2D eigenvalue weighted by Gasteiger charge is 2.54. The molecule has 146 valence electrons. The fourth-order valence-electron chi connectivity index (χ4n) is 4.83. The maximum atomic E-state index is 14.2. The van der Waals surface area contributed by atoms with Crippen molar-refractivity contribution in [2.45, 2.75) is 58.1 Å². The second-order valence-electron chi connectivity index (χ2n) is 8.21. The average Bonchev–Trinajstić information content (AvgIpc) is 2.88. The molecule has 0 aromatic heterocycles. The van der Waals surface area contributed by atoms with Gasteiger partial charge in [-0.2, -0.15) is 0 Å². The summed E-state index contributed by atoms with van der Waals surface area (Å²) in [5, 5.41) is 14.7. The minimum absolute atomic E-state index is 0.176. The van der Waals surface area contributed by atoms with Crippen molar-refractivity contribution in [2.75, 3.05) is 14.1 Å². The first-order valence-electron chi connectivity index (χ1n) is 9.81. The van der Waals surface area contributed by atoms with Gasteiger partial charge < -0.3 is 10.4 Å². The molecule has 27 heavy (non-hydrogen) atoms. The lowest BCUT2D eigenvalue weighted by Gasteiger charge is -2.43. The zero-order valence-electron chi connectivity index (χ0n) is 16.9. The first kappa shape index (κ1) is 20.0. The normalized spacial score (nSPS) is 28.0. The van der Waals surface area contributed by atoms with Gasteiger partial charge in [0.1, 0.15) is 5.82 Å². The van der Waals surface area contributed by atoms with Gasteiger partial charge in [0.2, 0.25) is 0 Å². The number of rotatable bonds is 6. The maximum absolute atomic E-state index is 14.2. The monoisotopic (exact) mass is 370 g/mol. The summed E-state index contributed by atoms with van der Waals surface area (Å²) in [6, 6.07) is 5.25. The van der Waals surface area contributed by atoms with Crippen molar-refractivity contribution < 1.29 is 9.50 Å². The van der Waals surface area contributed by atoms with E-state index < -0.39 is 5.60 Å². The molecule has 0 radical (unpaired) electrons. The largest absolute Gasteiger partial charge is 0.389 e. The fourth-order valence-corrected chi connectivity index (χ4v) is 4.83. The zero-order valence-corrected chi connectivity index (χ0v) is 16.9. The van der Waals surface area contributed by atoms with E-state index in [4.69, 9.17) is 0 Å². The third-order valence-electron chi connectivity index (χ3n) is 6.65. The number of nitrogens with zero attached hydrogens (tertiary/aromatic N) is 1. The lowest BCUT2D eigenvalue weighted by molar-refractivity contribution is -0.0459. The van der Waals surface area contributed by atoms with Gasteiger partial charge >= 0.3 is 0 Å². The van der Waals surface area contributed by atoms with Crippen molar-refractivity contribution in [3.8, 4) is 0 Å². The second-order valence-corrected chi connectivity index (χ2v) is 8.21. The summed E-state index contributed by atoms with van der Waals surface area (Å²) in [4.78, 5) is 4.20. The molecule has 0 saturated heterocycles. The molecule has 2 unspecified atom stereocenters. The van der Waals surface area contributed by atoms with Gasteiger partial charge in [-0.25, -0.2) is 4.39 Å². The Hall–Kier alpha value is -1.78. The fraction of sp³-hybridized carbons (Fsp3) is 0.522. The van der Waals surface area contributed by atoms with Crippen molar-refractivity contribution in [3.05, 3.63) is 57.9 Å². The first-order chi connectivity index (χ1) is 12.8. The van der Waals surface area contributed by atoms with Crippen LogP contribution in [-0.2, 0) is 13.0 Å². The van der Waals surface area contributed by atoms with E-state index in [1.807, 2.05) is 19.3 Å². The number of aryl methyl sites for hydroxylation is 1. The van der Waals surface area contributed by atoms with Crippen LogP contribution >= 0.6 is 0 Å². The van der Waals surface area contributed by atoms with Crippen LogP contribution in [0.15, 0.2) is 46.0 Å². The summed E-state index contributed by atoms with van der Waals surface area (Å²) in [5.74, 6) is -0.176. The third kappa shape index (κ3) is 3.53. The number of aliphatic hydroxyl groups is 1. The molecule has 2 atom stereocenters. The quantitative estimate of drug-likeness (QED) is 0.731. The molecule has 2 aliphatic carbocycles. The Morgan fingerprint density at radius 2 is 2.15 bits per heavy atom. The molecule has 1 fully saturated rings. The summed E-state index contributed by atoms with van der Waals surface area (Å²) in [5.41, 5.74) is 4.42. The molecule has 3 rings (SSSR count). The van der Waals surface area contributed by atoms with Gasteiger partial charge in [0.15, 0.2) is 0 Å². The van der Waals surface area contributed by atoms with Gasteiger partial charge in [-0.3, -0.25) is 4.99 Å².